The summed E-state index contributed by atoms with van der Waals surface area (Å²) < 4.78 is 16.3. The molecular weight excluding hydrogens is 371 g/mol. The van der Waals surface area contributed by atoms with Gasteiger partial charge in [-0.3, -0.25) is 9.97 Å². The lowest BCUT2D eigenvalue weighted by Gasteiger charge is -2.30. The molecule has 4 rings (SSSR count). The molecule has 3 heterocycles. The van der Waals surface area contributed by atoms with Crippen molar-refractivity contribution in [3.05, 3.63) is 54.9 Å². The van der Waals surface area contributed by atoms with Crippen LogP contribution < -0.4 is 5.32 Å². The number of hydrogen-bond acceptors (Lipinski definition) is 4. The molecule has 0 radical (unpaired) electrons. The summed E-state index contributed by atoms with van der Waals surface area (Å²) >= 11 is 0.375. The average molecular weight is 398 g/mol. The van der Waals surface area contributed by atoms with E-state index in [0.717, 1.165) is 53.5 Å². The fraction of sp³-hybridized carbons (Fsp3) is 0.364. The zero-order valence-electron chi connectivity index (χ0n) is 16.4. The van der Waals surface area contributed by atoms with Gasteiger partial charge in [0.15, 0.2) is 0 Å². The number of halogens is 1. The molecule has 1 unspecified atom stereocenters. The lowest BCUT2D eigenvalue weighted by Crippen LogP contribution is -2.42. The summed E-state index contributed by atoms with van der Waals surface area (Å²) in [6, 6.07) is 8.15. The first-order chi connectivity index (χ1) is 13.6. The van der Waals surface area contributed by atoms with Gasteiger partial charge in [0, 0.05) is 54.4 Å². The molecule has 1 fully saturated rings. The number of benzene rings is 1. The largest absolute Gasteiger partial charge is 0.382 e. The minimum atomic E-state index is -0.319. The molecule has 0 saturated carbocycles. The molecule has 0 bridgehead atoms. The molecule has 1 aliphatic heterocycles. The van der Waals surface area contributed by atoms with E-state index in [0.29, 0.717) is 17.1 Å². The number of pyridine rings is 2. The van der Waals surface area contributed by atoms with E-state index in [4.69, 9.17) is 0 Å². The number of nitrogens with one attached hydrogen (secondary N) is 1. The topological polar surface area (TPSA) is 41.0 Å². The molecule has 6 heteroatoms. The molecule has 28 heavy (non-hydrogen) atoms. The summed E-state index contributed by atoms with van der Waals surface area (Å²) in [5, 5.41) is 5.94. The Bertz CT molecular complexity index is 956. The normalized spacial score (nSPS) is 17.0. The third-order valence-corrected chi connectivity index (χ3v) is 7.55. The molecule has 2 aromatic heterocycles. The molecule has 4 nitrogen and oxygen atoms in total. The van der Waals surface area contributed by atoms with Crippen LogP contribution in [-0.4, -0.2) is 45.4 Å². The second-order valence-electron chi connectivity index (χ2n) is 7.25. The van der Waals surface area contributed by atoms with Gasteiger partial charge in [0.1, 0.15) is 17.8 Å². The number of piperidine rings is 1. The van der Waals surface area contributed by atoms with Gasteiger partial charge in [-0.25, -0.2) is 4.39 Å². The van der Waals surface area contributed by atoms with Crippen LogP contribution >= 0.6 is 0 Å². The summed E-state index contributed by atoms with van der Waals surface area (Å²) in [7, 11) is 0. The second-order valence-corrected chi connectivity index (χ2v) is 9.54. The molecular formula is C22H26FN4S+. The van der Waals surface area contributed by atoms with E-state index < -0.39 is 0 Å². The predicted octanol–water partition coefficient (Wildman–Crippen LogP) is 4.50. The minimum Gasteiger partial charge on any atom is -0.382 e. The van der Waals surface area contributed by atoms with Crippen LogP contribution in [0.15, 0.2) is 49.1 Å². The molecule has 1 N–H and O–H groups in total. The SMILES string of the molecule is CC[S+](C)N1CCC(Nc2cc(-c3cncc(F)c3)cc3ccncc23)CC1. The van der Waals surface area contributed by atoms with Crippen LogP contribution in [0.25, 0.3) is 21.9 Å². The van der Waals surface area contributed by atoms with E-state index >= 15 is 0 Å². The van der Waals surface area contributed by atoms with Crippen molar-refractivity contribution in [1.29, 1.82) is 0 Å². The Morgan fingerprint density at radius 3 is 2.68 bits per heavy atom. The Morgan fingerprint density at radius 2 is 1.93 bits per heavy atom. The van der Waals surface area contributed by atoms with Crippen LogP contribution in [-0.2, 0) is 11.1 Å². The Morgan fingerprint density at radius 1 is 1.11 bits per heavy atom. The van der Waals surface area contributed by atoms with E-state index in [1.54, 1.807) is 12.4 Å². The van der Waals surface area contributed by atoms with Crippen molar-refractivity contribution in [3.8, 4) is 11.1 Å². The molecule has 0 spiro atoms. The van der Waals surface area contributed by atoms with Crippen LogP contribution in [0.2, 0.25) is 0 Å². The van der Waals surface area contributed by atoms with Gasteiger partial charge in [-0.05, 0) is 55.0 Å². The first-order valence-electron chi connectivity index (χ1n) is 9.77. The van der Waals surface area contributed by atoms with Crippen LogP contribution in [0, 0.1) is 5.82 Å². The van der Waals surface area contributed by atoms with Crippen molar-refractivity contribution in [2.45, 2.75) is 25.8 Å². The number of nitrogens with zero attached hydrogens (tertiary/aromatic N) is 3. The number of fused-ring (bicyclic) bond motifs is 1. The maximum atomic E-state index is 13.7. The highest BCUT2D eigenvalue weighted by Gasteiger charge is 2.28. The predicted molar refractivity (Wildman–Crippen MR) is 117 cm³/mol. The van der Waals surface area contributed by atoms with E-state index in [1.165, 1.54) is 18.0 Å². The van der Waals surface area contributed by atoms with E-state index in [9.17, 15) is 4.39 Å². The van der Waals surface area contributed by atoms with Crippen molar-refractivity contribution in [1.82, 2.24) is 14.3 Å². The summed E-state index contributed by atoms with van der Waals surface area (Å²) in [5.41, 5.74) is 2.82. The van der Waals surface area contributed by atoms with Crippen LogP contribution in [0.4, 0.5) is 10.1 Å². The van der Waals surface area contributed by atoms with Gasteiger partial charge in [0.05, 0.1) is 17.3 Å². The van der Waals surface area contributed by atoms with Crippen molar-refractivity contribution in [3.63, 3.8) is 0 Å². The Labute approximate surface area is 168 Å². The van der Waals surface area contributed by atoms with Crippen LogP contribution in [0.3, 0.4) is 0 Å². The highest BCUT2D eigenvalue weighted by molar-refractivity contribution is 7.93. The van der Waals surface area contributed by atoms with Gasteiger partial charge in [-0.1, -0.05) is 0 Å². The minimum absolute atomic E-state index is 0.319. The maximum Gasteiger partial charge on any atom is 0.142 e. The molecule has 0 amide bonds. The van der Waals surface area contributed by atoms with Crippen molar-refractivity contribution < 1.29 is 4.39 Å². The van der Waals surface area contributed by atoms with Gasteiger partial charge in [0.2, 0.25) is 0 Å². The lowest BCUT2D eigenvalue weighted by molar-refractivity contribution is 0.353. The van der Waals surface area contributed by atoms with Gasteiger partial charge in [-0.15, -0.1) is 4.31 Å². The highest BCUT2D eigenvalue weighted by Crippen LogP contribution is 2.32. The van der Waals surface area contributed by atoms with E-state index in [2.05, 4.69) is 44.9 Å². The molecule has 0 aliphatic carbocycles. The Hall–Kier alpha value is -2.18. The van der Waals surface area contributed by atoms with Crippen LogP contribution in [0.1, 0.15) is 19.8 Å². The van der Waals surface area contributed by atoms with Gasteiger partial charge in [0.25, 0.3) is 0 Å². The second kappa shape index (κ2) is 8.45. The Balaban J connectivity index is 1.61. The van der Waals surface area contributed by atoms with Gasteiger partial charge in [-0.2, -0.15) is 0 Å². The fourth-order valence-electron chi connectivity index (χ4n) is 3.77. The van der Waals surface area contributed by atoms with Gasteiger partial charge >= 0.3 is 0 Å². The molecule has 3 aromatic rings. The lowest BCUT2D eigenvalue weighted by atomic mass is 10.00. The Kier molecular flexibility index (Phi) is 5.78. The molecule has 1 atom stereocenters. The van der Waals surface area contributed by atoms with Gasteiger partial charge < -0.3 is 5.32 Å². The fourth-order valence-corrected chi connectivity index (χ4v) is 4.97. The third-order valence-electron chi connectivity index (χ3n) is 5.47. The van der Waals surface area contributed by atoms with E-state index in [1.807, 2.05) is 12.3 Å². The standard InChI is InChI=1S/C22H26FN4S/c1-3-28(2)27-8-5-20(6-9-27)26-22-12-17(18-11-19(23)14-25-13-18)10-16-4-7-24-15-21(16)22/h4,7,10-15,20,26H,3,5-6,8-9H2,1-2H3/q+1. The first-order valence-corrected chi connectivity index (χ1v) is 11.5. The number of hydrogen-bond donors (Lipinski definition) is 1. The van der Waals surface area contributed by atoms with Crippen molar-refractivity contribution in [2.75, 3.05) is 30.4 Å². The highest BCUT2D eigenvalue weighted by atomic mass is 32.2. The summed E-state index contributed by atoms with van der Waals surface area (Å²) in [4.78, 5) is 8.32. The molecule has 1 aromatic carbocycles. The number of anilines is 1. The first kappa shape index (κ1) is 19.2. The number of rotatable bonds is 5. The summed E-state index contributed by atoms with van der Waals surface area (Å²) in [5.74, 6) is 0.901. The molecule has 146 valence electrons. The van der Waals surface area contributed by atoms with Crippen LogP contribution in [0.5, 0.6) is 0 Å². The summed E-state index contributed by atoms with van der Waals surface area (Å²) in [6.45, 7) is 4.53. The molecule has 1 saturated heterocycles. The zero-order chi connectivity index (χ0) is 19.5. The third kappa shape index (κ3) is 4.13. The van der Waals surface area contributed by atoms with Crippen molar-refractivity contribution in [2.24, 2.45) is 0 Å². The monoisotopic (exact) mass is 397 g/mol. The summed E-state index contributed by atoms with van der Waals surface area (Å²) in [6.07, 6.45) is 11.2. The average Bonchev–Trinajstić information content (AvgIpc) is 2.73. The molecule has 1 aliphatic rings. The maximum absolute atomic E-state index is 13.7. The van der Waals surface area contributed by atoms with Crippen molar-refractivity contribution >= 4 is 27.5 Å². The van der Waals surface area contributed by atoms with E-state index in [-0.39, 0.29) is 5.82 Å². The zero-order valence-corrected chi connectivity index (χ0v) is 17.2. The quantitative estimate of drug-likeness (QED) is 0.644. The number of aromatic nitrogens is 2. The smallest absolute Gasteiger partial charge is 0.142 e.